The van der Waals surface area contributed by atoms with Gasteiger partial charge >= 0.3 is 0 Å². The Bertz CT molecular complexity index is 277. The molecule has 2 heteroatoms. The Morgan fingerprint density at radius 2 is 1.72 bits per heavy atom. The van der Waals surface area contributed by atoms with E-state index < -0.39 is 0 Å². The van der Waals surface area contributed by atoms with E-state index in [-0.39, 0.29) is 0 Å². The van der Waals surface area contributed by atoms with Crippen molar-refractivity contribution >= 4 is 0 Å². The molecule has 1 saturated heterocycles. The van der Waals surface area contributed by atoms with Crippen molar-refractivity contribution in [1.29, 1.82) is 0 Å². The Balaban J connectivity index is 2.12. The average molecular weight is 252 g/mol. The molecule has 1 aliphatic heterocycles. The van der Waals surface area contributed by atoms with Crippen molar-refractivity contribution in [3.05, 3.63) is 0 Å². The first-order chi connectivity index (χ1) is 8.41. The zero-order valence-electron chi connectivity index (χ0n) is 12.8. The van der Waals surface area contributed by atoms with Crippen LogP contribution in [0.15, 0.2) is 0 Å². The number of hydrogen-bond acceptors (Lipinski definition) is 2. The van der Waals surface area contributed by atoms with Crippen molar-refractivity contribution in [2.45, 2.75) is 65.3 Å². The Labute approximate surface area is 113 Å². The number of nitrogens with two attached hydrogens (primary N) is 1. The van der Waals surface area contributed by atoms with Crippen molar-refractivity contribution < 1.29 is 0 Å². The van der Waals surface area contributed by atoms with Gasteiger partial charge in [0.25, 0.3) is 0 Å². The van der Waals surface area contributed by atoms with Gasteiger partial charge in [0, 0.05) is 12.1 Å². The predicted octanol–water partition coefficient (Wildman–Crippen LogP) is 3.26. The monoisotopic (exact) mass is 252 g/mol. The van der Waals surface area contributed by atoms with Crippen molar-refractivity contribution in [1.82, 2.24) is 4.90 Å². The lowest BCUT2D eigenvalue weighted by atomic mass is 9.66. The molecule has 0 spiro atoms. The van der Waals surface area contributed by atoms with Crippen LogP contribution in [-0.2, 0) is 0 Å². The largest absolute Gasteiger partial charge is 0.329 e. The van der Waals surface area contributed by atoms with E-state index >= 15 is 0 Å². The molecule has 0 amide bonds. The van der Waals surface area contributed by atoms with E-state index in [1.807, 2.05) is 0 Å². The Morgan fingerprint density at radius 3 is 2.28 bits per heavy atom. The Kier molecular flexibility index (Phi) is 4.08. The van der Waals surface area contributed by atoms with Crippen LogP contribution < -0.4 is 5.73 Å². The van der Waals surface area contributed by atoms with E-state index in [1.165, 1.54) is 45.2 Å². The number of rotatable bonds is 2. The van der Waals surface area contributed by atoms with Crippen LogP contribution in [0, 0.1) is 17.3 Å². The van der Waals surface area contributed by atoms with Crippen LogP contribution in [0.5, 0.6) is 0 Å². The van der Waals surface area contributed by atoms with E-state index in [1.54, 1.807) is 0 Å². The van der Waals surface area contributed by atoms with Gasteiger partial charge in [0.2, 0.25) is 0 Å². The smallest absolute Gasteiger partial charge is 0.0359 e. The summed E-state index contributed by atoms with van der Waals surface area (Å²) in [7, 11) is 0. The standard InChI is InChI=1S/C16H32N2/c1-13-6-5-7-16(12-17,14(13)2)18-10-8-15(3,4)9-11-18/h13-14H,5-12,17H2,1-4H3. The highest BCUT2D eigenvalue weighted by Crippen LogP contribution is 2.44. The van der Waals surface area contributed by atoms with Gasteiger partial charge in [-0.25, -0.2) is 0 Å². The van der Waals surface area contributed by atoms with Crippen LogP contribution in [0.3, 0.4) is 0 Å². The van der Waals surface area contributed by atoms with Crippen LogP contribution in [-0.4, -0.2) is 30.1 Å². The highest BCUT2D eigenvalue weighted by Gasteiger charge is 2.46. The van der Waals surface area contributed by atoms with Crippen molar-refractivity contribution in [3.8, 4) is 0 Å². The third kappa shape index (κ3) is 2.46. The van der Waals surface area contributed by atoms with E-state index in [0.717, 1.165) is 18.4 Å². The fraction of sp³-hybridized carbons (Fsp3) is 1.00. The summed E-state index contributed by atoms with van der Waals surface area (Å²) in [6, 6.07) is 0. The van der Waals surface area contributed by atoms with Gasteiger partial charge in [0.15, 0.2) is 0 Å². The minimum absolute atomic E-state index is 0.300. The zero-order chi connectivity index (χ0) is 13.4. The molecule has 106 valence electrons. The fourth-order valence-electron chi connectivity index (χ4n) is 4.16. The number of piperidine rings is 1. The average Bonchev–Trinajstić information content (AvgIpc) is 2.33. The lowest BCUT2D eigenvalue weighted by molar-refractivity contribution is -0.0401. The SMILES string of the molecule is CC1CCCC(CN)(N2CCC(C)(C)CC2)C1C. The van der Waals surface area contributed by atoms with E-state index in [9.17, 15) is 0 Å². The maximum atomic E-state index is 6.25. The molecule has 2 rings (SSSR count). The van der Waals surface area contributed by atoms with E-state index in [2.05, 4.69) is 32.6 Å². The molecule has 0 radical (unpaired) electrons. The van der Waals surface area contributed by atoms with Crippen LogP contribution >= 0.6 is 0 Å². The summed E-state index contributed by atoms with van der Waals surface area (Å²) in [4.78, 5) is 2.75. The van der Waals surface area contributed by atoms with Gasteiger partial charge in [-0.1, -0.05) is 40.5 Å². The predicted molar refractivity (Wildman–Crippen MR) is 78.6 cm³/mol. The number of likely N-dealkylation sites (tertiary alicyclic amines) is 1. The van der Waals surface area contributed by atoms with E-state index in [0.29, 0.717) is 11.0 Å². The Morgan fingerprint density at radius 1 is 1.11 bits per heavy atom. The second-order valence-corrected chi connectivity index (χ2v) is 7.62. The van der Waals surface area contributed by atoms with Crippen LogP contribution in [0.4, 0.5) is 0 Å². The van der Waals surface area contributed by atoms with Crippen LogP contribution in [0.25, 0.3) is 0 Å². The summed E-state index contributed by atoms with van der Waals surface area (Å²) < 4.78 is 0. The van der Waals surface area contributed by atoms with Gasteiger partial charge in [-0.05, 0) is 49.6 Å². The summed E-state index contributed by atoms with van der Waals surface area (Å²) in [5.41, 5.74) is 7.08. The molecule has 3 unspecified atom stereocenters. The lowest BCUT2D eigenvalue weighted by Crippen LogP contribution is -2.63. The first-order valence-electron chi connectivity index (χ1n) is 7.86. The molecule has 1 saturated carbocycles. The molecule has 0 aromatic heterocycles. The summed E-state index contributed by atoms with van der Waals surface area (Å²) in [6.07, 6.45) is 6.73. The molecule has 2 nitrogen and oxygen atoms in total. The van der Waals surface area contributed by atoms with Gasteiger partial charge < -0.3 is 5.73 Å². The molecule has 3 atom stereocenters. The van der Waals surface area contributed by atoms with Crippen LogP contribution in [0.1, 0.15) is 59.8 Å². The molecule has 2 aliphatic rings. The molecular formula is C16H32N2. The van der Waals surface area contributed by atoms with Gasteiger partial charge in [-0.15, -0.1) is 0 Å². The Hall–Kier alpha value is -0.0800. The molecule has 0 aromatic carbocycles. The van der Waals surface area contributed by atoms with Crippen molar-refractivity contribution in [2.75, 3.05) is 19.6 Å². The van der Waals surface area contributed by atoms with E-state index in [4.69, 9.17) is 5.73 Å². The molecule has 2 fully saturated rings. The topological polar surface area (TPSA) is 29.3 Å². The second-order valence-electron chi connectivity index (χ2n) is 7.62. The number of hydrogen-bond donors (Lipinski definition) is 1. The molecule has 1 aliphatic carbocycles. The van der Waals surface area contributed by atoms with Gasteiger partial charge in [0.1, 0.15) is 0 Å². The normalized spacial score (nSPS) is 41.8. The van der Waals surface area contributed by atoms with Crippen molar-refractivity contribution in [3.63, 3.8) is 0 Å². The third-order valence-corrected chi connectivity index (χ3v) is 6.07. The molecular weight excluding hydrogens is 220 g/mol. The summed E-state index contributed by atoms with van der Waals surface area (Å²) in [5, 5.41) is 0. The van der Waals surface area contributed by atoms with Gasteiger partial charge in [0.05, 0.1) is 0 Å². The van der Waals surface area contributed by atoms with Gasteiger partial charge in [-0.3, -0.25) is 4.90 Å². The minimum Gasteiger partial charge on any atom is -0.329 e. The fourth-order valence-corrected chi connectivity index (χ4v) is 4.16. The molecule has 2 N–H and O–H groups in total. The second kappa shape index (κ2) is 5.13. The quantitative estimate of drug-likeness (QED) is 0.817. The number of nitrogens with zero attached hydrogens (tertiary/aromatic N) is 1. The third-order valence-electron chi connectivity index (χ3n) is 6.07. The maximum Gasteiger partial charge on any atom is 0.0359 e. The first kappa shape index (κ1) is 14.3. The highest BCUT2D eigenvalue weighted by molar-refractivity contribution is 5.02. The summed E-state index contributed by atoms with van der Waals surface area (Å²) in [5.74, 6) is 1.58. The molecule has 1 heterocycles. The summed E-state index contributed by atoms with van der Waals surface area (Å²) in [6.45, 7) is 13.0. The van der Waals surface area contributed by atoms with Crippen molar-refractivity contribution in [2.24, 2.45) is 23.0 Å². The highest BCUT2D eigenvalue weighted by atomic mass is 15.2. The minimum atomic E-state index is 0.300. The molecule has 0 bridgehead atoms. The summed E-state index contributed by atoms with van der Waals surface area (Å²) >= 11 is 0. The molecule has 0 aromatic rings. The van der Waals surface area contributed by atoms with Crippen LogP contribution in [0.2, 0.25) is 0 Å². The first-order valence-corrected chi connectivity index (χ1v) is 7.86. The maximum absolute atomic E-state index is 6.25. The molecule has 18 heavy (non-hydrogen) atoms. The zero-order valence-corrected chi connectivity index (χ0v) is 12.8. The van der Waals surface area contributed by atoms with Gasteiger partial charge in [-0.2, -0.15) is 0 Å². The lowest BCUT2D eigenvalue weighted by Gasteiger charge is -2.55.